The predicted octanol–water partition coefficient (Wildman–Crippen LogP) is 1.56. The SMILES string of the molecule is O=C(O)c1ccc(C(=O)OC2(C(O)O)CCCCC2)cc1. The van der Waals surface area contributed by atoms with Gasteiger partial charge in [-0.15, -0.1) is 0 Å². The lowest BCUT2D eigenvalue weighted by atomic mass is 9.84. The highest BCUT2D eigenvalue weighted by Crippen LogP contribution is 2.34. The molecule has 2 rings (SSSR count). The van der Waals surface area contributed by atoms with Crippen molar-refractivity contribution in [2.75, 3.05) is 0 Å². The van der Waals surface area contributed by atoms with Crippen molar-refractivity contribution in [1.29, 1.82) is 0 Å². The maximum Gasteiger partial charge on any atom is 0.338 e. The number of rotatable bonds is 4. The molecule has 114 valence electrons. The van der Waals surface area contributed by atoms with Gasteiger partial charge in [0.25, 0.3) is 0 Å². The molecular formula is C15H18O6. The molecule has 0 atom stereocenters. The molecule has 1 aromatic rings. The van der Waals surface area contributed by atoms with Crippen LogP contribution >= 0.6 is 0 Å². The Kier molecular flexibility index (Phi) is 4.59. The van der Waals surface area contributed by atoms with Crippen LogP contribution in [0.2, 0.25) is 0 Å². The molecule has 0 heterocycles. The molecule has 3 N–H and O–H groups in total. The number of hydrogen-bond donors (Lipinski definition) is 3. The maximum atomic E-state index is 12.1. The zero-order chi connectivity index (χ0) is 15.5. The number of carboxylic acids is 1. The van der Waals surface area contributed by atoms with Gasteiger partial charge >= 0.3 is 11.9 Å². The van der Waals surface area contributed by atoms with E-state index < -0.39 is 23.8 Å². The largest absolute Gasteiger partial charge is 0.478 e. The molecule has 1 aliphatic rings. The van der Waals surface area contributed by atoms with Crippen molar-refractivity contribution >= 4 is 11.9 Å². The molecule has 0 amide bonds. The number of carbonyl (C=O) groups excluding carboxylic acids is 1. The fourth-order valence-corrected chi connectivity index (χ4v) is 2.56. The number of carbonyl (C=O) groups is 2. The molecule has 6 heteroatoms. The lowest BCUT2D eigenvalue weighted by Gasteiger charge is -2.37. The standard InChI is InChI=1S/C15H18O6/c16-12(17)10-4-6-11(7-5-10)13(18)21-15(14(19)20)8-2-1-3-9-15/h4-7,14,19-20H,1-3,8-9H2,(H,16,17). The number of aliphatic hydroxyl groups is 2. The van der Waals surface area contributed by atoms with Gasteiger partial charge in [0.2, 0.25) is 0 Å². The first-order valence-corrected chi connectivity index (χ1v) is 6.87. The van der Waals surface area contributed by atoms with Crippen LogP contribution < -0.4 is 0 Å². The van der Waals surface area contributed by atoms with E-state index in [1.807, 2.05) is 0 Å². The average Bonchev–Trinajstić information content (AvgIpc) is 2.48. The summed E-state index contributed by atoms with van der Waals surface area (Å²) < 4.78 is 5.34. The highest BCUT2D eigenvalue weighted by molar-refractivity contribution is 5.92. The van der Waals surface area contributed by atoms with Crippen molar-refractivity contribution in [2.24, 2.45) is 0 Å². The van der Waals surface area contributed by atoms with Gasteiger partial charge in [0, 0.05) is 0 Å². The number of hydrogen-bond acceptors (Lipinski definition) is 5. The molecule has 0 aliphatic heterocycles. The molecule has 1 aliphatic carbocycles. The van der Waals surface area contributed by atoms with E-state index in [2.05, 4.69) is 0 Å². The molecule has 1 saturated carbocycles. The minimum atomic E-state index is -1.72. The van der Waals surface area contributed by atoms with Crippen LogP contribution in [-0.2, 0) is 4.74 Å². The van der Waals surface area contributed by atoms with Crippen molar-refractivity contribution in [2.45, 2.75) is 44.0 Å². The topological polar surface area (TPSA) is 104 Å². The van der Waals surface area contributed by atoms with E-state index in [1.165, 1.54) is 24.3 Å². The van der Waals surface area contributed by atoms with Crippen LogP contribution in [0.3, 0.4) is 0 Å². The van der Waals surface area contributed by atoms with E-state index in [-0.39, 0.29) is 11.1 Å². The molecule has 0 bridgehead atoms. The molecule has 0 unspecified atom stereocenters. The summed E-state index contributed by atoms with van der Waals surface area (Å²) in [5.74, 6) is -1.76. The number of carboxylic acid groups (broad SMARTS) is 1. The van der Waals surface area contributed by atoms with Crippen LogP contribution in [0.5, 0.6) is 0 Å². The molecule has 1 fully saturated rings. The summed E-state index contributed by atoms with van der Waals surface area (Å²) in [6.07, 6.45) is 1.60. The Morgan fingerprint density at radius 1 is 1.00 bits per heavy atom. The number of esters is 1. The molecule has 0 spiro atoms. The van der Waals surface area contributed by atoms with Crippen molar-refractivity contribution in [1.82, 2.24) is 0 Å². The Morgan fingerprint density at radius 2 is 1.52 bits per heavy atom. The first kappa shape index (κ1) is 15.5. The van der Waals surface area contributed by atoms with Crippen LogP contribution in [-0.4, -0.2) is 39.1 Å². The van der Waals surface area contributed by atoms with Gasteiger partial charge in [-0.2, -0.15) is 0 Å². The summed E-state index contributed by atoms with van der Waals surface area (Å²) >= 11 is 0. The van der Waals surface area contributed by atoms with Gasteiger partial charge in [-0.05, 0) is 49.9 Å². The van der Waals surface area contributed by atoms with E-state index in [9.17, 15) is 19.8 Å². The van der Waals surface area contributed by atoms with Crippen molar-refractivity contribution in [3.05, 3.63) is 35.4 Å². The predicted molar refractivity (Wildman–Crippen MR) is 72.9 cm³/mol. The van der Waals surface area contributed by atoms with Gasteiger partial charge in [-0.3, -0.25) is 0 Å². The molecule has 0 aromatic heterocycles. The van der Waals surface area contributed by atoms with E-state index in [0.29, 0.717) is 12.8 Å². The molecule has 1 aromatic carbocycles. The molecule has 0 radical (unpaired) electrons. The minimum absolute atomic E-state index is 0.0705. The third-order valence-electron chi connectivity index (χ3n) is 3.83. The van der Waals surface area contributed by atoms with Gasteiger partial charge in [0.05, 0.1) is 11.1 Å². The first-order valence-electron chi connectivity index (χ1n) is 6.87. The zero-order valence-corrected chi connectivity index (χ0v) is 11.5. The quantitative estimate of drug-likeness (QED) is 0.575. The van der Waals surface area contributed by atoms with Crippen molar-refractivity contribution in [3.63, 3.8) is 0 Å². The average molecular weight is 294 g/mol. The summed E-state index contributed by atoms with van der Waals surface area (Å²) in [5.41, 5.74) is -1.01. The van der Waals surface area contributed by atoms with Gasteiger partial charge in [-0.25, -0.2) is 9.59 Å². The smallest absolute Gasteiger partial charge is 0.338 e. The normalized spacial score (nSPS) is 17.5. The highest BCUT2D eigenvalue weighted by atomic mass is 16.6. The zero-order valence-electron chi connectivity index (χ0n) is 11.5. The third kappa shape index (κ3) is 3.40. The molecule has 6 nitrogen and oxygen atoms in total. The third-order valence-corrected chi connectivity index (χ3v) is 3.83. The van der Waals surface area contributed by atoms with E-state index >= 15 is 0 Å². The van der Waals surface area contributed by atoms with E-state index in [4.69, 9.17) is 9.84 Å². The van der Waals surface area contributed by atoms with Gasteiger partial charge < -0.3 is 20.1 Å². The summed E-state index contributed by atoms with van der Waals surface area (Å²) in [7, 11) is 0. The molecule has 0 saturated heterocycles. The fraction of sp³-hybridized carbons (Fsp3) is 0.467. The number of aliphatic hydroxyl groups excluding tert-OH is 1. The van der Waals surface area contributed by atoms with Crippen LogP contribution in [0.1, 0.15) is 52.8 Å². The number of ether oxygens (including phenoxy) is 1. The highest BCUT2D eigenvalue weighted by Gasteiger charge is 2.42. The first-order chi connectivity index (χ1) is 9.94. The van der Waals surface area contributed by atoms with Crippen LogP contribution in [0.15, 0.2) is 24.3 Å². The Labute approximate surface area is 122 Å². The summed E-state index contributed by atoms with van der Waals surface area (Å²) in [5, 5.41) is 27.9. The van der Waals surface area contributed by atoms with Crippen LogP contribution in [0.25, 0.3) is 0 Å². The Balaban J connectivity index is 2.13. The van der Waals surface area contributed by atoms with Crippen LogP contribution in [0, 0.1) is 0 Å². The Bertz CT molecular complexity index is 513. The second kappa shape index (κ2) is 6.24. The van der Waals surface area contributed by atoms with Gasteiger partial charge in [0.1, 0.15) is 0 Å². The number of benzene rings is 1. The second-order valence-corrected chi connectivity index (χ2v) is 5.27. The van der Waals surface area contributed by atoms with Gasteiger partial charge in [0.15, 0.2) is 11.9 Å². The lowest BCUT2D eigenvalue weighted by Crippen LogP contribution is -2.47. The second-order valence-electron chi connectivity index (χ2n) is 5.27. The Hall–Kier alpha value is -1.92. The summed E-state index contributed by atoms with van der Waals surface area (Å²) in [6, 6.07) is 5.32. The monoisotopic (exact) mass is 294 g/mol. The van der Waals surface area contributed by atoms with Gasteiger partial charge in [-0.1, -0.05) is 6.42 Å². The fourth-order valence-electron chi connectivity index (χ4n) is 2.56. The van der Waals surface area contributed by atoms with E-state index in [0.717, 1.165) is 19.3 Å². The summed E-state index contributed by atoms with van der Waals surface area (Å²) in [6.45, 7) is 0. The lowest BCUT2D eigenvalue weighted by molar-refractivity contribution is -0.197. The van der Waals surface area contributed by atoms with E-state index in [1.54, 1.807) is 0 Å². The Morgan fingerprint density at radius 3 is 2.00 bits per heavy atom. The van der Waals surface area contributed by atoms with Crippen molar-refractivity contribution < 1.29 is 29.6 Å². The van der Waals surface area contributed by atoms with Crippen LogP contribution in [0.4, 0.5) is 0 Å². The maximum absolute atomic E-state index is 12.1. The number of aromatic carboxylic acids is 1. The molecular weight excluding hydrogens is 276 g/mol. The van der Waals surface area contributed by atoms with Crippen molar-refractivity contribution in [3.8, 4) is 0 Å². The summed E-state index contributed by atoms with van der Waals surface area (Å²) in [4.78, 5) is 22.9. The minimum Gasteiger partial charge on any atom is -0.478 e. The molecule has 21 heavy (non-hydrogen) atoms.